The molecule has 0 radical (unpaired) electrons. The van der Waals surface area contributed by atoms with Crippen molar-refractivity contribution in [2.24, 2.45) is 7.05 Å². The molecule has 6 heteroatoms. The fourth-order valence-electron chi connectivity index (χ4n) is 1.28. The maximum absolute atomic E-state index is 11.8. The lowest BCUT2D eigenvalue weighted by atomic mass is 10.3. The van der Waals surface area contributed by atoms with E-state index in [1.165, 1.54) is 6.20 Å². The van der Waals surface area contributed by atoms with E-state index in [2.05, 4.69) is 15.4 Å². The molecule has 2 aromatic rings. The highest BCUT2D eigenvalue weighted by molar-refractivity contribution is 6.05. The molecule has 2 rings (SSSR count). The number of hydrogen-bond donors (Lipinski definition) is 2. The van der Waals surface area contributed by atoms with Crippen molar-refractivity contribution >= 4 is 17.3 Å². The topological polar surface area (TPSA) is 85.8 Å². The summed E-state index contributed by atoms with van der Waals surface area (Å²) in [4.78, 5) is 15.7. The number of carbonyl (C=O) groups excluding carboxylic acids is 1. The van der Waals surface area contributed by atoms with Gasteiger partial charge in [-0.1, -0.05) is 0 Å². The summed E-state index contributed by atoms with van der Waals surface area (Å²) >= 11 is 0. The van der Waals surface area contributed by atoms with Crippen LogP contribution in [-0.4, -0.2) is 20.7 Å². The summed E-state index contributed by atoms with van der Waals surface area (Å²) in [6, 6.07) is 3.31. The average Bonchev–Trinajstić information content (AvgIpc) is 2.64. The Morgan fingerprint density at radius 1 is 1.56 bits per heavy atom. The summed E-state index contributed by atoms with van der Waals surface area (Å²) < 4.78 is 1.59. The number of rotatable bonds is 2. The molecular weight excluding hydrogens is 206 g/mol. The number of nitrogens with two attached hydrogens (primary N) is 1. The number of nitrogen functional groups attached to an aromatic ring is 1. The molecule has 0 spiro atoms. The molecule has 2 aromatic heterocycles. The highest BCUT2D eigenvalue weighted by atomic mass is 16.1. The van der Waals surface area contributed by atoms with Crippen molar-refractivity contribution in [1.82, 2.24) is 14.8 Å². The Morgan fingerprint density at radius 2 is 2.38 bits per heavy atom. The number of amides is 1. The molecule has 0 saturated heterocycles. The van der Waals surface area contributed by atoms with E-state index in [-0.39, 0.29) is 11.6 Å². The van der Waals surface area contributed by atoms with E-state index >= 15 is 0 Å². The van der Waals surface area contributed by atoms with Gasteiger partial charge in [0.05, 0.1) is 17.6 Å². The molecule has 1 amide bonds. The molecule has 0 aliphatic heterocycles. The van der Waals surface area contributed by atoms with Gasteiger partial charge < -0.3 is 11.1 Å². The minimum atomic E-state index is -0.342. The monoisotopic (exact) mass is 217 g/mol. The largest absolute Gasteiger partial charge is 0.397 e. The van der Waals surface area contributed by atoms with Crippen molar-refractivity contribution in [2.75, 3.05) is 11.1 Å². The second-order valence-electron chi connectivity index (χ2n) is 3.30. The molecule has 0 saturated carbocycles. The number of pyridine rings is 1. The highest BCUT2D eigenvalue weighted by Crippen LogP contribution is 2.10. The predicted octanol–water partition coefficient (Wildman–Crippen LogP) is 0.650. The normalized spacial score (nSPS) is 10.1. The van der Waals surface area contributed by atoms with Gasteiger partial charge in [0.15, 0.2) is 5.69 Å². The van der Waals surface area contributed by atoms with Crippen molar-refractivity contribution in [3.8, 4) is 0 Å². The third-order valence-electron chi connectivity index (χ3n) is 2.02. The van der Waals surface area contributed by atoms with Gasteiger partial charge >= 0.3 is 0 Å². The fraction of sp³-hybridized carbons (Fsp3) is 0.100. The lowest BCUT2D eigenvalue weighted by Gasteiger charge is -2.03. The number of hydrogen-bond acceptors (Lipinski definition) is 4. The van der Waals surface area contributed by atoms with Gasteiger partial charge in [0.25, 0.3) is 5.91 Å². The van der Waals surface area contributed by atoms with E-state index in [0.29, 0.717) is 11.4 Å². The molecule has 0 unspecified atom stereocenters. The van der Waals surface area contributed by atoms with E-state index in [9.17, 15) is 4.79 Å². The van der Waals surface area contributed by atoms with E-state index in [0.717, 1.165) is 0 Å². The lowest BCUT2D eigenvalue weighted by molar-refractivity contribution is 0.102. The molecule has 0 fully saturated rings. The molecule has 3 N–H and O–H groups in total. The summed E-state index contributed by atoms with van der Waals surface area (Å²) in [6.45, 7) is 0. The minimum absolute atomic E-state index is 0.214. The second kappa shape index (κ2) is 4.01. The molecule has 0 bridgehead atoms. The van der Waals surface area contributed by atoms with Gasteiger partial charge in [-0.05, 0) is 12.1 Å². The van der Waals surface area contributed by atoms with Crippen LogP contribution in [0.5, 0.6) is 0 Å². The van der Waals surface area contributed by atoms with Crippen LogP contribution in [0.15, 0.2) is 30.7 Å². The summed E-state index contributed by atoms with van der Waals surface area (Å²) in [5.41, 5.74) is 6.81. The minimum Gasteiger partial charge on any atom is -0.397 e. The number of aryl methyl sites for hydroxylation is 1. The van der Waals surface area contributed by atoms with Crippen LogP contribution in [0.25, 0.3) is 0 Å². The predicted molar refractivity (Wildman–Crippen MR) is 59.8 cm³/mol. The van der Waals surface area contributed by atoms with Crippen LogP contribution in [0.2, 0.25) is 0 Å². The first-order valence-corrected chi connectivity index (χ1v) is 4.67. The van der Waals surface area contributed by atoms with Crippen molar-refractivity contribution in [3.63, 3.8) is 0 Å². The maximum atomic E-state index is 11.8. The van der Waals surface area contributed by atoms with Crippen LogP contribution in [-0.2, 0) is 7.05 Å². The van der Waals surface area contributed by atoms with Crippen LogP contribution in [0.3, 0.4) is 0 Å². The van der Waals surface area contributed by atoms with Gasteiger partial charge in [-0.15, -0.1) is 0 Å². The summed E-state index contributed by atoms with van der Waals surface area (Å²) in [6.07, 6.45) is 4.77. The van der Waals surface area contributed by atoms with E-state index < -0.39 is 0 Å². The first-order valence-electron chi connectivity index (χ1n) is 4.67. The fourth-order valence-corrected chi connectivity index (χ4v) is 1.28. The average molecular weight is 217 g/mol. The van der Waals surface area contributed by atoms with Gasteiger partial charge in [-0.25, -0.2) is 4.98 Å². The van der Waals surface area contributed by atoms with E-state index in [1.54, 1.807) is 36.3 Å². The molecule has 0 aromatic carbocycles. The van der Waals surface area contributed by atoms with Gasteiger partial charge in [-0.3, -0.25) is 9.48 Å². The van der Waals surface area contributed by atoms with E-state index in [1.807, 2.05) is 0 Å². The number of carbonyl (C=O) groups is 1. The van der Waals surface area contributed by atoms with Crippen LogP contribution in [0, 0.1) is 0 Å². The van der Waals surface area contributed by atoms with Crippen LogP contribution >= 0.6 is 0 Å². The summed E-state index contributed by atoms with van der Waals surface area (Å²) in [5.74, 6) is -0.342. The molecule has 2 heterocycles. The van der Waals surface area contributed by atoms with Crippen LogP contribution < -0.4 is 11.1 Å². The van der Waals surface area contributed by atoms with Gasteiger partial charge in [0, 0.05) is 19.4 Å². The van der Waals surface area contributed by atoms with Gasteiger partial charge in [0.1, 0.15) is 0 Å². The lowest BCUT2D eigenvalue weighted by Crippen LogP contribution is -2.15. The highest BCUT2D eigenvalue weighted by Gasteiger charge is 2.11. The Bertz CT molecular complexity index is 519. The number of nitrogens with one attached hydrogen (secondary N) is 1. The SMILES string of the molecule is Cn1cc(NC(=O)c2ncccc2N)cn1. The Hall–Kier alpha value is -2.37. The summed E-state index contributed by atoms with van der Waals surface area (Å²) in [5, 5.41) is 6.59. The Morgan fingerprint density at radius 3 is 3.00 bits per heavy atom. The van der Waals surface area contributed by atoms with Crippen molar-refractivity contribution < 1.29 is 4.79 Å². The number of nitrogens with zero attached hydrogens (tertiary/aromatic N) is 3. The smallest absolute Gasteiger partial charge is 0.276 e. The standard InChI is InChI=1S/C10H11N5O/c1-15-6-7(5-13-15)14-10(16)9-8(11)3-2-4-12-9/h2-6H,11H2,1H3,(H,14,16). The zero-order valence-corrected chi connectivity index (χ0v) is 8.71. The third-order valence-corrected chi connectivity index (χ3v) is 2.02. The zero-order chi connectivity index (χ0) is 11.5. The molecule has 82 valence electrons. The Labute approximate surface area is 92.1 Å². The van der Waals surface area contributed by atoms with Gasteiger partial charge in [-0.2, -0.15) is 5.10 Å². The molecule has 6 nitrogen and oxygen atoms in total. The number of aromatic nitrogens is 3. The summed E-state index contributed by atoms with van der Waals surface area (Å²) in [7, 11) is 1.77. The second-order valence-corrected chi connectivity index (χ2v) is 3.30. The third kappa shape index (κ3) is 2.00. The first-order chi connectivity index (χ1) is 7.66. The van der Waals surface area contributed by atoms with Crippen molar-refractivity contribution in [3.05, 3.63) is 36.4 Å². The molecule has 16 heavy (non-hydrogen) atoms. The Kier molecular flexibility index (Phi) is 2.55. The van der Waals surface area contributed by atoms with Crippen molar-refractivity contribution in [1.29, 1.82) is 0 Å². The number of anilines is 2. The quantitative estimate of drug-likeness (QED) is 0.773. The first kappa shape index (κ1) is 10.2. The van der Waals surface area contributed by atoms with Crippen molar-refractivity contribution in [2.45, 2.75) is 0 Å². The van der Waals surface area contributed by atoms with Crippen LogP contribution in [0.1, 0.15) is 10.5 Å². The molecule has 0 aliphatic carbocycles. The van der Waals surface area contributed by atoms with E-state index in [4.69, 9.17) is 5.73 Å². The maximum Gasteiger partial charge on any atom is 0.276 e. The zero-order valence-electron chi connectivity index (χ0n) is 8.71. The molecule has 0 atom stereocenters. The Balaban J connectivity index is 2.18. The molecule has 0 aliphatic rings. The molecular formula is C10H11N5O. The van der Waals surface area contributed by atoms with Gasteiger partial charge in [0.2, 0.25) is 0 Å². The van der Waals surface area contributed by atoms with Crippen LogP contribution in [0.4, 0.5) is 11.4 Å².